The van der Waals surface area contributed by atoms with Gasteiger partial charge in [-0.05, 0) is 51.2 Å². The largest absolute Gasteiger partial charge is 0.317 e. The highest BCUT2D eigenvalue weighted by Crippen LogP contribution is 2.23. The number of nitrogens with one attached hydrogen (secondary N) is 1. The van der Waals surface area contributed by atoms with Crippen LogP contribution in [-0.4, -0.2) is 62.1 Å². The van der Waals surface area contributed by atoms with E-state index in [1.54, 1.807) is 18.7 Å². The van der Waals surface area contributed by atoms with E-state index in [1.807, 2.05) is 0 Å². The highest BCUT2D eigenvalue weighted by molar-refractivity contribution is 8.01. The molecule has 0 spiro atoms. The highest BCUT2D eigenvalue weighted by Gasteiger charge is 2.32. The molecule has 1 atom stereocenters. The summed E-state index contributed by atoms with van der Waals surface area (Å²) in [7, 11) is -2.93. The van der Waals surface area contributed by atoms with E-state index in [4.69, 9.17) is 0 Å². The normalized spacial score (nSPS) is 26.8. The smallest absolute Gasteiger partial charge is 0.166 e. The molecule has 0 aromatic carbocycles. The van der Waals surface area contributed by atoms with Crippen LogP contribution in [-0.2, 0) is 9.84 Å². The first-order valence-electron chi connectivity index (χ1n) is 7.87. The van der Waals surface area contributed by atoms with E-state index in [9.17, 15) is 8.42 Å². The molecule has 2 aliphatic rings. The molecule has 0 aromatic heterocycles. The van der Waals surface area contributed by atoms with Crippen LogP contribution in [0.4, 0.5) is 0 Å². The maximum absolute atomic E-state index is 12.2. The summed E-state index contributed by atoms with van der Waals surface area (Å²) in [4.78, 5) is 2.22. The topological polar surface area (TPSA) is 49.4 Å². The van der Waals surface area contributed by atoms with Crippen LogP contribution in [0.1, 0.15) is 32.6 Å². The van der Waals surface area contributed by atoms with Crippen LogP contribution < -0.4 is 5.32 Å². The predicted molar refractivity (Wildman–Crippen MR) is 87.0 cm³/mol. The molecule has 0 aromatic rings. The molecule has 6 heteroatoms. The van der Waals surface area contributed by atoms with Crippen molar-refractivity contribution >= 4 is 21.6 Å². The van der Waals surface area contributed by atoms with Crippen molar-refractivity contribution in [1.29, 1.82) is 0 Å². The average Bonchev–Trinajstić information content (AvgIpc) is 2.49. The third-order valence-electron chi connectivity index (χ3n) is 4.52. The van der Waals surface area contributed by atoms with Gasteiger partial charge in [-0.1, -0.05) is 6.92 Å². The van der Waals surface area contributed by atoms with Crippen molar-refractivity contribution in [3.8, 4) is 0 Å². The second kappa shape index (κ2) is 8.01. The van der Waals surface area contributed by atoms with Crippen molar-refractivity contribution < 1.29 is 8.42 Å². The molecule has 0 aliphatic carbocycles. The fourth-order valence-corrected chi connectivity index (χ4v) is 6.26. The molecule has 2 aliphatic heterocycles. The Morgan fingerprint density at radius 3 is 2.75 bits per heavy atom. The maximum Gasteiger partial charge on any atom is 0.166 e. The van der Waals surface area contributed by atoms with Crippen LogP contribution in [0, 0.1) is 5.92 Å². The second-order valence-corrected chi connectivity index (χ2v) is 9.45. The molecule has 2 fully saturated rings. The molecule has 0 saturated carbocycles. The van der Waals surface area contributed by atoms with Gasteiger partial charge in [0.15, 0.2) is 9.84 Å². The van der Waals surface area contributed by atoms with Crippen LogP contribution in [0.3, 0.4) is 0 Å². The first-order valence-corrected chi connectivity index (χ1v) is 10.7. The zero-order valence-corrected chi connectivity index (χ0v) is 14.1. The van der Waals surface area contributed by atoms with Gasteiger partial charge in [-0.25, -0.2) is 8.42 Å². The molecular weight excluding hydrogens is 292 g/mol. The summed E-state index contributed by atoms with van der Waals surface area (Å²) in [6.45, 7) is 5.95. The van der Waals surface area contributed by atoms with Gasteiger partial charge in [0.25, 0.3) is 0 Å². The van der Waals surface area contributed by atoms with Crippen LogP contribution >= 0.6 is 11.8 Å². The lowest BCUT2D eigenvalue weighted by Gasteiger charge is -2.35. The van der Waals surface area contributed by atoms with E-state index in [0.29, 0.717) is 0 Å². The van der Waals surface area contributed by atoms with E-state index < -0.39 is 9.84 Å². The first-order chi connectivity index (χ1) is 9.63. The monoisotopic (exact) mass is 320 g/mol. The molecule has 2 rings (SSSR count). The lowest BCUT2D eigenvalue weighted by Crippen LogP contribution is -2.48. The predicted octanol–water partition coefficient (Wildman–Crippen LogP) is 1.58. The van der Waals surface area contributed by atoms with E-state index in [2.05, 4.69) is 10.2 Å². The number of thioether (sulfide) groups is 1. The Kier molecular flexibility index (Phi) is 6.65. The van der Waals surface area contributed by atoms with Crippen molar-refractivity contribution in [3.05, 3.63) is 0 Å². The van der Waals surface area contributed by atoms with E-state index in [1.165, 1.54) is 19.3 Å². The van der Waals surface area contributed by atoms with Gasteiger partial charge in [-0.15, -0.1) is 0 Å². The minimum Gasteiger partial charge on any atom is -0.317 e. The molecule has 2 saturated heterocycles. The number of nitrogens with zero attached hydrogens (tertiary/aromatic N) is 1. The molecule has 20 heavy (non-hydrogen) atoms. The third-order valence-corrected chi connectivity index (χ3v) is 7.86. The third kappa shape index (κ3) is 4.61. The standard InChI is InChI=1S/C14H28N2O2S2/c1-2-20(17,18)14-12-19-11-10-16(14)9-3-4-13-5-7-15-8-6-13/h13-15H,2-12H2,1H3. The summed E-state index contributed by atoms with van der Waals surface area (Å²) in [6.07, 6.45) is 4.97. The van der Waals surface area contributed by atoms with Gasteiger partial charge in [0.2, 0.25) is 0 Å². The number of rotatable bonds is 6. The van der Waals surface area contributed by atoms with Crippen molar-refractivity contribution in [2.24, 2.45) is 5.92 Å². The van der Waals surface area contributed by atoms with Gasteiger partial charge in [-0.2, -0.15) is 11.8 Å². The lowest BCUT2D eigenvalue weighted by atomic mass is 9.93. The van der Waals surface area contributed by atoms with Crippen molar-refractivity contribution in [3.63, 3.8) is 0 Å². The molecule has 4 nitrogen and oxygen atoms in total. The summed E-state index contributed by atoms with van der Waals surface area (Å²) >= 11 is 1.78. The fraction of sp³-hybridized carbons (Fsp3) is 1.00. The zero-order chi connectivity index (χ0) is 14.4. The average molecular weight is 321 g/mol. The number of hydrogen-bond acceptors (Lipinski definition) is 5. The number of piperidine rings is 1. The Labute approximate surface area is 128 Å². The first kappa shape index (κ1) is 16.6. The Morgan fingerprint density at radius 2 is 2.05 bits per heavy atom. The van der Waals surface area contributed by atoms with E-state index in [-0.39, 0.29) is 11.1 Å². The molecular formula is C14H28N2O2S2. The Hall–Kier alpha value is 0.220. The van der Waals surface area contributed by atoms with Gasteiger partial charge in [0, 0.05) is 23.8 Å². The highest BCUT2D eigenvalue weighted by atomic mass is 32.2. The second-order valence-electron chi connectivity index (χ2n) is 5.85. The minimum absolute atomic E-state index is 0.237. The Bertz CT molecular complexity index is 381. The van der Waals surface area contributed by atoms with Gasteiger partial charge in [0.05, 0.1) is 0 Å². The lowest BCUT2D eigenvalue weighted by molar-refractivity contribution is 0.248. The quantitative estimate of drug-likeness (QED) is 0.805. The van der Waals surface area contributed by atoms with Crippen LogP contribution in [0.15, 0.2) is 0 Å². The number of hydrogen-bond donors (Lipinski definition) is 1. The van der Waals surface area contributed by atoms with E-state index in [0.717, 1.165) is 50.0 Å². The summed E-state index contributed by atoms with van der Waals surface area (Å²) < 4.78 is 24.3. The zero-order valence-electron chi connectivity index (χ0n) is 12.5. The van der Waals surface area contributed by atoms with Crippen molar-refractivity contribution in [1.82, 2.24) is 10.2 Å². The molecule has 1 N–H and O–H groups in total. The maximum atomic E-state index is 12.2. The van der Waals surface area contributed by atoms with E-state index >= 15 is 0 Å². The Balaban J connectivity index is 1.80. The number of sulfone groups is 1. The van der Waals surface area contributed by atoms with Crippen LogP contribution in [0.5, 0.6) is 0 Å². The van der Waals surface area contributed by atoms with Crippen molar-refractivity contribution in [2.45, 2.75) is 38.0 Å². The van der Waals surface area contributed by atoms with Gasteiger partial charge in [0.1, 0.15) is 5.37 Å². The van der Waals surface area contributed by atoms with Crippen LogP contribution in [0.25, 0.3) is 0 Å². The summed E-state index contributed by atoms with van der Waals surface area (Å²) in [5.41, 5.74) is 0. The van der Waals surface area contributed by atoms with Gasteiger partial charge < -0.3 is 5.32 Å². The summed E-state index contributed by atoms with van der Waals surface area (Å²) in [5, 5.41) is 3.16. The minimum atomic E-state index is -2.93. The molecule has 1 unspecified atom stereocenters. The van der Waals surface area contributed by atoms with Crippen molar-refractivity contribution in [2.75, 3.05) is 43.4 Å². The van der Waals surface area contributed by atoms with Gasteiger partial charge >= 0.3 is 0 Å². The molecule has 118 valence electrons. The molecule has 0 radical (unpaired) electrons. The molecule has 0 amide bonds. The Morgan fingerprint density at radius 1 is 1.30 bits per heavy atom. The fourth-order valence-electron chi connectivity index (χ4n) is 3.15. The van der Waals surface area contributed by atoms with Crippen LogP contribution in [0.2, 0.25) is 0 Å². The summed E-state index contributed by atoms with van der Waals surface area (Å²) in [6, 6.07) is 0. The summed E-state index contributed by atoms with van der Waals surface area (Å²) in [5.74, 6) is 2.94. The molecule has 2 heterocycles. The SMILES string of the molecule is CCS(=O)(=O)C1CSCCN1CCCC1CCNCC1. The van der Waals surface area contributed by atoms with Gasteiger partial charge in [-0.3, -0.25) is 4.90 Å². The molecule has 0 bridgehead atoms.